The van der Waals surface area contributed by atoms with Crippen LogP contribution in [0, 0.1) is 12.7 Å². The minimum Gasteiger partial charge on any atom is -0.484 e. The zero-order chi connectivity index (χ0) is 13.8. The van der Waals surface area contributed by atoms with Crippen LogP contribution in [0.3, 0.4) is 0 Å². The number of nitrogens with two attached hydrogens (primary N) is 1. The number of benzene rings is 2. The number of ether oxygens (including phenoxy) is 1. The minimum atomic E-state index is -0.304. The summed E-state index contributed by atoms with van der Waals surface area (Å²) < 4.78 is 18.7. The van der Waals surface area contributed by atoms with Gasteiger partial charge in [0.1, 0.15) is 17.7 Å². The van der Waals surface area contributed by atoms with Gasteiger partial charge in [0, 0.05) is 11.6 Å². The molecule has 0 amide bonds. The standard InChI is InChI=1S/C15H15ClFNO/c1-10-8-13(6-7-14(10)16)19-15(9-18)11-2-4-12(17)5-3-11/h2-8,15H,9,18H2,1H3. The molecule has 0 aliphatic heterocycles. The van der Waals surface area contributed by atoms with Crippen LogP contribution in [-0.4, -0.2) is 6.54 Å². The first-order valence-electron chi connectivity index (χ1n) is 5.98. The molecule has 0 saturated heterocycles. The molecular formula is C15H15ClFNO. The topological polar surface area (TPSA) is 35.2 Å². The molecule has 4 heteroatoms. The monoisotopic (exact) mass is 279 g/mol. The van der Waals surface area contributed by atoms with Crippen molar-refractivity contribution in [1.29, 1.82) is 0 Å². The van der Waals surface area contributed by atoms with Crippen molar-refractivity contribution in [3.8, 4) is 5.75 Å². The SMILES string of the molecule is Cc1cc(OC(CN)c2ccc(F)cc2)ccc1Cl. The predicted octanol–water partition coefficient (Wildman–Crippen LogP) is 3.87. The molecule has 2 aromatic carbocycles. The molecule has 0 saturated carbocycles. The largest absolute Gasteiger partial charge is 0.484 e. The van der Waals surface area contributed by atoms with Crippen LogP contribution in [0.2, 0.25) is 5.02 Å². The van der Waals surface area contributed by atoms with Gasteiger partial charge in [-0.2, -0.15) is 0 Å². The predicted molar refractivity (Wildman–Crippen MR) is 75.0 cm³/mol. The molecule has 2 N–H and O–H groups in total. The molecule has 0 heterocycles. The fraction of sp³-hybridized carbons (Fsp3) is 0.200. The van der Waals surface area contributed by atoms with Crippen molar-refractivity contribution in [2.75, 3.05) is 6.54 Å². The second-order valence-electron chi connectivity index (χ2n) is 4.30. The molecule has 0 bridgehead atoms. The first-order chi connectivity index (χ1) is 9.10. The van der Waals surface area contributed by atoms with E-state index in [-0.39, 0.29) is 11.9 Å². The highest BCUT2D eigenvalue weighted by molar-refractivity contribution is 6.31. The van der Waals surface area contributed by atoms with E-state index in [2.05, 4.69) is 0 Å². The molecule has 100 valence electrons. The zero-order valence-electron chi connectivity index (χ0n) is 10.6. The quantitative estimate of drug-likeness (QED) is 0.922. The van der Waals surface area contributed by atoms with Crippen LogP contribution >= 0.6 is 11.6 Å². The summed E-state index contributed by atoms with van der Waals surface area (Å²) >= 11 is 5.96. The van der Waals surface area contributed by atoms with E-state index in [9.17, 15) is 4.39 Å². The number of halogens is 2. The van der Waals surface area contributed by atoms with E-state index in [4.69, 9.17) is 22.1 Å². The molecule has 2 rings (SSSR count). The van der Waals surface area contributed by atoms with Gasteiger partial charge in [-0.3, -0.25) is 0 Å². The Kier molecular flexibility index (Phi) is 4.40. The number of hydrogen-bond acceptors (Lipinski definition) is 2. The van der Waals surface area contributed by atoms with E-state index in [0.29, 0.717) is 17.3 Å². The van der Waals surface area contributed by atoms with Crippen molar-refractivity contribution >= 4 is 11.6 Å². The molecule has 0 aromatic heterocycles. The molecule has 0 fully saturated rings. The molecule has 0 aliphatic carbocycles. The first-order valence-corrected chi connectivity index (χ1v) is 6.36. The summed E-state index contributed by atoms with van der Waals surface area (Å²) in [5.41, 5.74) is 7.50. The molecule has 2 aromatic rings. The summed E-state index contributed by atoms with van der Waals surface area (Å²) in [4.78, 5) is 0. The van der Waals surface area contributed by atoms with Crippen LogP contribution in [0.5, 0.6) is 5.75 Å². The minimum absolute atomic E-state index is 0.276. The molecular weight excluding hydrogens is 265 g/mol. The van der Waals surface area contributed by atoms with Gasteiger partial charge in [-0.15, -0.1) is 0 Å². The van der Waals surface area contributed by atoms with Crippen LogP contribution in [0.15, 0.2) is 42.5 Å². The third-order valence-corrected chi connectivity index (χ3v) is 3.29. The molecule has 0 radical (unpaired) electrons. The Morgan fingerprint density at radius 1 is 1.21 bits per heavy atom. The maximum Gasteiger partial charge on any atom is 0.136 e. The van der Waals surface area contributed by atoms with Crippen LogP contribution in [0.1, 0.15) is 17.2 Å². The van der Waals surface area contributed by atoms with Gasteiger partial charge in [-0.1, -0.05) is 23.7 Å². The summed E-state index contributed by atoms with van der Waals surface area (Å²) in [5, 5.41) is 0.693. The first kappa shape index (κ1) is 13.8. The second-order valence-corrected chi connectivity index (χ2v) is 4.71. The van der Waals surface area contributed by atoms with Crippen molar-refractivity contribution in [1.82, 2.24) is 0 Å². The Hall–Kier alpha value is -1.58. The Balaban J connectivity index is 2.18. The van der Waals surface area contributed by atoms with Crippen molar-refractivity contribution in [3.05, 3.63) is 64.4 Å². The average Bonchev–Trinajstić information content (AvgIpc) is 2.41. The molecule has 19 heavy (non-hydrogen) atoms. The summed E-state index contributed by atoms with van der Waals surface area (Å²) in [7, 11) is 0. The summed E-state index contributed by atoms with van der Waals surface area (Å²) in [6.07, 6.45) is -0.304. The van der Waals surface area contributed by atoms with Crippen molar-refractivity contribution < 1.29 is 9.13 Å². The molecule has 2 nitrogen and oxygen atoms in total. The fourth-order valence-electron chi connectivity index (χ4n) is 1.78. The van der Waals surface area contributed by atoms with E-state index in [1.807, 2.05) is 13.0 Å². The van der Waals surface area contributed by atoms with Gasteiger partial charge in [-0.05, 0) is 48.4 Å². The van der Waals surface area contributed by atoms with Crippen LogP contribution in [0.4, 0.5) is 4.39 Å². The maximum absolute atomic E-state index is 12.9. The van der Waals surface area contributed by atoms with E-state index in [1.165, 1.54) is 12.1 Å². The lowest BCUT2D eigenvalue weighted by Gasteiger charge is -2.18. The highest BCUT2D eigenvalue weighted by atomic mass is 35.5. The third-order valence-electron chi connectivity index (χ3n) is 2.86. The molecule has 1 unspecified atom stereocenters. The van der Waals surface area contributed by atoms with Crippen molar-refractivity contribution in [2.24, 2.45) is 5.73 Å². The summed E-state index contributed by atoms with van der Waals surface area (Å²) in [6.45, 7) is 2.22. The van der Waals surface area contributed by atoms with E-state index >= 15 is 0 Å². The van der Waals surface area contributed by atoms with Gasteiger partial charge in [0.2, 0.25) is 0 Å². The highest BCUT2D eigenvalue weighted by Gasteiger charge is 2.12. The number of aryl methyl sites for hydroxylation is 1. The van der Waals surface area contributed by atoms with Crippen molar-refractivity contribution in [3.63, 3.8) is 0 Å². The number of rotatable bonds is 4. The Morgan fingerprint density at radius 2 is 1.89 bits per heavy atom. The normalized spacial score (nSPS) is 12.2. The van der Waals surface area contributed by atoms with Gasteiger partial charge in [0.15, 0.2) is 0 Å². The van der Waals surface area contributed by atoms with Crippen LogP contribution in [-0.2, 0) is 0 Å². The third kappa shape index (κ3) is 3.46. The molecule has 0 aliphatic rings. The second kappa shape index (κ2) is 6.04. The van der Waals surface area contributed by atoms with E-state index < -0.39 is 0 Å². The Labute approximate surface area is 117 Å². The van der Waals surface area contributed by atoms with E-state index in [0.717, 1.165) is 11.1 Å². The molecule has 1 atom stereocenters. The Bertz CT molecular complexity index is 557. The van der Waals surface area contributed by atoms with Gasteiger partial charge in [0.25, 0.3) is 0 Å². The van der Waals surface area contributed by atoms with Crippen LogP contribution in [0.25, 0.3) is 0 Å². The van der Waals surface area contributed by atoms with E-state index in [1.54, 1.807) is 24.3 Å². The van der Waals surface area contributed by atoms with Crippen LogP contribution < -0.4 is 10.5 Å². The van der Waals surface area contributed by atoms with Gasteiger partial charge in [-0.25, -0.2) is 4.39 Å². The van der Waals surface area contributed by atoms with Crippen molar-refractivity contribution in [2.45, 2.75) is 13.0 Å². The fourth-order valence-corrected chi connectivity index (χ4v) is 1.90. The average molecular weight is 280 g/mol. The lowest BCUT2D eigenvalue weighted by Crippen LogP contribution is -2.18. The lowest BCUT2D eigenvalue weighted by atomic mass is 10.1. The highest BCUT2D eigenvalue weighted by Crippen LogP contribution is 2.25. The van der Waals surface area contributed by atoms with Gasteiger partial charge < -0.3 is 10.5 Å². The summed E-state index contributed by atoms with van der Waals surface area (Å²) in [6, 6.07) is 11.6. The maximum atomic E-state index is 12.9. The van der Waals surface area contributed by atoms with Gasteiger partial charge >= 0.3 is 0 Å². The van der Waals surface area contributed by atoms with Gasteiger partial charge in [0.05, 0.1) is 0 Å². The zero-order valence-corrected chi connectivity index (χ0v) is 11.3. The Morgan fingerprint density at radius 3 is 2.47 bits per heavy atom. The molecule has 0 spiro atoms. The summed E-state index contributed by atoms with van der Waals surface area (Å²) in [5.74, 6) is 0.420. The smallest absolute Gasteiger partial charge is 0.136 e. The number of hydrogen-bond donors (Lipinski definition) is 1. The lowest BCUT2D eigenvalue weighted by molar-refractivity contribution is 0.214.